The Labute approximate surface area is 142 Å². The second kappa shape index (κ2) is 7.69. The van der Waals surface area contributed by atoms with Gasteiger partial charge in [0.25, 0.3) is 0 Å². The molecule has 1 heterocycles. The zero-order chi connectivity index (χ0) is 17.7. The largest absolute Gasteiger partial charge is 0.306 e. The fourth-order valence-electron chi connectivity index (χ4n) is 2.55. The molecule has 0 saturated carbocycles. The molecule has 0 saturated heterocycles. The van der Waals surface area contributed by atoms with E-state index < -0.39 is 22.4 Å². The summed E-state index contributed by atoms with van der Waals surface area (Å²) in [5.74, 6) is -0.942. The quantitative estimate of drug-likeness (QED) is 0.402. The second-order valence-electron chi connectivity index (χ2n) is 5.97. The molecule has 7 nitrogen and oxygen atoms in total. The molecule has 0 aliphatic carbocycles. The lowest BCUT2D eigenvalue weighted by atomic mass is 9.88. The minimum Gasteiger partial charge on any atom is -0.306 e. The Morgan fingerprint density at radius 2 is 2.04 bits per heavy atom. The predicted octanol–water partition coefficient (Wildman–Crippen LogP) is 1.98. The molecule has 0 fully saturated rings. The lowest BCUT2D eigenvalue weighted by molar-refractivity contribution is -0.138. The van der Waals surface area contributed by atoms with Gasteiger partial charge < -0.3 is 4.55 Å². The SMILES string of the molecule is Cc1nn(CC[C@@](C)(CS(=O)O)C(=O)NO)cc1-c1ccccc1. The molecular weight excluding hydrogens is 330 g/mol. The van der Waals surface area contributed by atoms with Crippen molar-refractivity contribution < 1.29 is 18.8 Å². The third kappa shape index (κ3) is 4.28. The van der Waals surface area contributed by atoms with Crippen LogP contribution in [0, 0.1) is 12.3 Å². The van der Waals surface area contributed by atoms with Crippen molar-refractivity contribution >= 4 is 17.0 Å². The van der Waals surface area contributed by atoms with Gasteiger partial charge in [-0.1, -0.05) is 30.3 Å². The van der Waals surface area contributed by atoms with E-state index in [1.807, 2.05) is 43.5 Å². The van der Waals surface area contributed by atoms with Gasteiger partial charge in [-0.25, -0.2) is 9.69 Å². The van der Waals surface area contributed by atoms with Crippen LogP contribution in [0.25, 0.3) is 11.1 Å². The summed E-state index contributed by atoms with van der Waals surface area (Å²) in [7, 11) is 0. The van der Waals surface area contributed by atoms with E-state index in [2.05, 4.69) is 5.10 Å². The lowest BCUT2D eigenvalue weighted by Gasteiger charge is -2.25. The molecule has 130 valence electrons. The summed E-state index contributed by atoms with van der Waals surface area (Å²) < 4.78 is 21.9. The number of carbonyl (C=O) groups is 1. The summed E-state index contributed by atoms with van der Waals surface area (Å²) in [5.41, 5.74) is 3.32. The van der Waals surface area contributed by atoms with Crippen LogP contribution in [0.15, 0.2) is 36.5 Å². The molecule has 24 heavy (non-hydrogen) atoms. The topological polar surface area (TPSA) is 104 Å². The van der Waals surface area contributed by atoms with Crippen LogP contribution in [0.2, 0.25) is 0 Å². The summed E-state index contributed by atoms with van der Waals surface area (Å²) in [5, 5.41) is 13.3. The zero-order valence-corrected chi connectivity index (χ0v) is 14.4. The van der Waals surface area contributed by atoms with Gasteiger partial charge in [-0.05, 0) is 25.8 Å². The molecule has 0 aliphatic rings. The zero-order valence-electron chi connectivity index (χ0n) is 13.6. The number of rotatable bonds is 7. The van der Waals surface area contributed by atoms with Crippen molar-refractivity contribution in [3.63, 3.8) is 0 Å². The third-order valence-electron chi connectivity index (χ3n) is 4.02. The fraction of sp³-hybridized carbons (Fsp3) is 0.375. The smallest absolute Gasteiger partial charge is 0.250 e. The predicted molar refractivity (Wildman–Crippen MR) is 90.7 cm³/mol. The van der Waals surface area contributed by atoms with E-state index in [0.29, 0.717) is 6.54 Å². The average Bonchev–Trinajstić information content (AvgIpc) is 2.93. The minimum atomic E-state index is -2.15. The average molecular weight is 351 g/mol. The van der Waals surface area contributed by atoms with Crippen molar-refractivity contribution in [3.05, 3.63) is 42.2 Å². The van der Waals surface area contributed by atoms with Gasteiger partial charge in [0.05, 0.1) is 16.9 Å². The van der Waals surface area contributed by atoms with Crippen LogP contribution in [0.1, 0.15) is 19.0 Å². The van der Waals surface area contributed by atoms with Crippen molar-refractivity contribution in [1.82, 2.24) is 15.3 Å². The number of hydrogen-bond acceptors (Lipinski definition) is 4. The highest BCUT2D eigenvalue weighted by molar-refractivity contribution is 7.79. The summed E-state index contributed by atoms with van der Waals surface area (Å²) in [6.07, 6.45) is 2.15. The van der Waals surface area contributed by atoms with E-state index in [4.69, 9.17) is 9.76 Å². The lowest BCUT2D eigenvalue weighted by Crippen LogP contribution is -2.42. The molecule has 0 spiro atoms. The Kier molecular flexibility index (Phi) is 5.87. The highest BCUT2D eigenvalue weighted by Crippen LogP contribution is 2.26. The first-order valence-electron chi connectivity index (χ1n) is 7.47. The molecule has 2 aromatic rings. The first kappa shape index (κ1) is 18.3. The number of aryl methyl sites for hydroxylation is 2. The van der Waals surface area contributed by atoms with Crippen LogP contribution in [-0.2, 0) is 22.4 Å². The monoisotopic (exact) mass is 351 g/mol. The van der Waals surface area contributed by atoms with Crippen LogP contribution in [0.4, 0.5) is 0 Å². The number of aromatic nitrogens is 2. The van der Waals surface area contributed by atoms with E-state index >= 15 is 0 Å². The summed E-state index contributed by atoms with van der Waals surface area (Å²) in [4.78, 5) is 11.8. The Bertz CT molecular complexity index is 732. The first-order valence-corrected chi connectivity index (χ1v) is 8.75. The minimum absolute atomic E-state index is 0.259. The van der Waals surface area contributed by atoms with Crippen LogP contribution in [0.3, 0.4) is 0 Å². The number of hydroxylamine groups is 1. The van der Waals surface area contributed by atoms with Gasteiger partial charge >= 0.3 is 0 Å². The van der Waals surface area contributed by atoms with Crippen molar-refractivity contribution in [2.75, 3.05) is 5.75 Å². The molecule has 3 N–H and O–H groups in total. The van der Waals surface area contributed by atoms with E-state index in [1.165, 1.54) is 0 Å². The van der Waals surface area contributed by atoms with Crippen molar-refractivity contribution in [2.45, 2.75) is 26.8 Å². The number of hydrogen-bond donors (Lipinski definition) is 3. The van der Waals surface area contributed by atoms with Gasteiger partial charge in [0.1, 0.15) is 0 Å². The van der Waals surface area contributed by atoms with Gasteiger partial charge in [0.2, 0.25) is 5.91 Å². The Morgan fingerprint density at radius 1 is 1.38 bits per heavy atom. The number of amides is 1. The summed E-state index contributed by atoms with van der Waals surface area (Å²) >= 11 is -2.15. The van der Waals surface area contributed by atoms with E-state index in [1.54, 1.807) is 17.1 Å². The van der Waals surface area contributed by atoms with Gasteiger partial charge in [-0.15, -0.1) is 0 Å². The molecule has 1 aromatic heterocycles. The molecule has 1 aromatic carbocycles. The van der Waals surface area contributed by atoms with Crippen LogP contribution >= 0.6 is 0 Å². The Hall–Kier alpha value is -2.03. The van der Waals surface area contributed by atoms with Gasteiger partial charge in [-0.2, -0.15) is 5.10 Å². The Morgan fingerprint density at radius 3 is 2.62 bits per heavy atom. The fourth-order valence-corrected chi connectivity index (χ4v) is 3.37. The molecule has 1 unspecified atom stereocenters. The molecular formula is C16H21N3O4S. The molecule has 2 atom stereocenters. The van der Waals surface area contributed by atoms with Gasteiger partial charge in [0.15, 0.2) is 11.1 Å². The normalized spacial score (nSPS) is 14.8. The third-order valence-corrected chi connectivity index (χ3v) is 4.90. The van der Waals surface area contributed by atoms with Gasteiger partial charge in [0, 0.05) is 18.3 Å². The maximum Gasteiger partial charge on any atom is 0.250 e. The number of carbonyl (C=O) groups excluding carboxylic acids is 1. The maximum absolute atomic E-state index is 11.8. The van der Waals surface area contributed by atoms with Gasteiger partial charge in [-0.3, -0.25) is 14.7 Å². The van der Waals surface area contributed by atoms with E-state index in [0.717, 1.165) is 16.8 Å². The molecule has 0 radical (unpaired) electrons. The highest BCUT2D eigenvalue weighted by atomic mass is 32.2. The number of nitrogens with zero attached hydrogens (tertiary/aromatic N) is 2. The molecule has 1 amide bonds. The number of nitrogens with one attached hydrogen (secondary N) is 1. The molecule has 0 aliphatic heterocycles. The Balaban J connectivity index is 2.16. The second-order valence-corrected chi connectivity index (χ2v) is 6.91. The standard InChI is InChI=1S/C16H21N3O4S/c1-12-14(13-6-4-3-5-7-13)10-19(17-12)9-8-16(2,11-24(22)23)15(20)18-21/h3-7,10,21H,8-9,11H2,1-2H3,(H,18,20)(H,22,23)/t16-/m0/s1. The van der Waals surface area contributed by atoms with Crippen LogP contribution in [0.5, 0.6) is 0 Å². The first-order chi connectivity index (χ1) is 11.4. The van der Waals surface area contributed by atoms with Crippen molar-refractivity contribution in [2.24, 2.45) is 5.41 Å². The van der Waals surface area contributed by atoms with Crippen LogP contribution in [-0.4, -0.2) is 35.4 Å². The molecule has 8 heteroatoms. The number of benzene rings is 1. The van der Waals surface area contributed by atoms with E-state index in [9.17, 15) is 9.00 Å². The van der Waals surface area contributed by atoms with Crippen molar-refractivity contribution in [1.29, 1.82) is 0 Å². The summed E-state index contributed by atoms with van der Waals surface area (Å²) in [6, 6.07) is 9.83. The maximum atomic E-state index is 11.8. The molecule has 2 rings (SSSR count). The van der Waals surface area contributed by atoms with Crippen LogP contribution < -0.4 is 5.48 Å². The summed E-state index contributed by atoms with van der Waals surface area (Å²) in [6.45, 7) is 3.83. The molecule has 0 bridgehead atoms. The van der Waals surface area contributed by atoms with Crippen molar-refractivity contribution in [3.8, 4) is 11.1 Å². The van der Waals surface area contributed by atoms with E-state index in [-0.39, 0.29) is 12.2 Å². The highest BCUT2D eigenvalue weighted by Gasteiger charge is 2.35.